The summed E-state index contributed by atoms with van der Waals surface area (Å²) in [6.45, 7) is 4.20. The van der Waals surface area contributed by atoms with Gasteiger partial charge in [0.2, 0.25) is 0 Å². The molecule has 0 amide bonds. The second-order valence-corrected chi connectivity index (χ2v) is 4.57. The molecule has 0 unspecified atom stereocenters. The summed E-state index contributed by atoms with van der Waals surface area (Å²) in [4.78, 5) is 0. The third kappa shape index (κ3) is 2.43. The number of hydrogen-bond donors (Lipinski definition) is 0. The third-order valence-electron chi connectivity index (χ3n) is 2.64. The first-order valence-electron chi connectivity index (χ1n) is 5.72. The molecular weight excluding hydrogens is 228 g/mol. The van der Waals surface area contributed by atoms with Gasteiger partial charge in [-0.05, 0) is 26.0 Å². The van der Waals surface area contributed by atoms with E-state index < -0.39 is 0 Å². The molecule has 1 aliphatic rings. The van der Waals surface area contributed by atoms with Gasteiger partial charge in [-0.2, -0.15) is 0 Å². The number of hydrogen-bond acceptors (Lipinski definition) is 3. The Morgan fingerprint density at radius 3 is 2.78 bits per heavy atom. The van der Waals surface area contributed by atoms with E-state index in [4.69, 9.17) is 20.6 Å². The number of ether oxygens (including phenoxy) is 3. The van der Waals surface area contributed by atoms with Crippen molar-refractivity contribution in [2.45, 2.75) is 19.4 Å². The number of methoxy groups -OCH3 is 1. The van der Waals surface area contributed by atoms with Gasteiger partial charge >= 0.3 is 0 Å². The van der Waals surface area contributed by atoms with Crippen LogP contribution in [0.4, 0.5) is 0 Å². The topological polar surface area (TPSA) is 27.7 Å². The first kappa shape index (κ1) is 12.4. The van der Waals surface area contributed by atoms with Gasteiger partial charge in [-0.15, -0.1) is 6.42 Å². The highest BCUT2D eigenvalue weighted by Gasteiger charge is 2.23. The van der Waals surface area contributed by atoms with E-state index in [1.807, 2.05) is 38.1 Å². The lowest BCUT2D eigenvalue weighted by Crippen LogP contribution is -2.27. The average molecular weight is 244 g/mol. The predicted molar refractivity (Wildman–Crippen MR) is 71.1 cm³/mol. The maximum absolute atomic E-state index is 5.87. The largest absolute Gasteiger partial charge is 0.493 e. The van der Waals surface area contributed by atoms with Crippen LogP contribution in [-0.4, -0.2) is 19.3 Å². The summed E-state index contributed by atoms with van der Waals surface area (Å²) in [6.07, 6.45) is 9.22. The van der Waals surface area contributed by atoms with Gasteiger partial charge in [0.1, 0.15) is 18.0 Å². The molecule has 0 N–H and O–H groups in total. The third-order valence-corrected chi connectivity index (χ3v) is 2.64. The van der Waals surface area contributed by atoms with Crippen LogP contribution in [0.15, 0.2) is 18.2 Å². The standard InChI is InChI=1S/C15H16O3/c1-5-8-17-14-10-12-11(9-13(14)16-4)6-7-15(2,3)18-12/h1,6-7,9-10H,8H2,2-4H3. The van der Waals surface area contributed by atoms with E-state index >= 15 is 0 Å². The summed E-state index contributed by atoms with van der Waals surface area (Å²) < 4.78 is 16.6. The zero-order valence-electron chi connectivity index (χ0n) is 10.8. The van der Waals surface area contributed by atoms with Crippen LogP contribution >= 0.6 is 0 Å². The van der Waals surface area contributed by atoms with Gasteiger partial charge in [0, 0.05) is 11.6 Å². The average Bonchev–Trinajstić information content (AvgIpc) is 2.34. The molecule has 18 heavy (non-hydrogen) atoms. The molecule has 0 radical (unpaired) electrons. The van der Waals surface area contributed by atoms with E-state index in [0.29, 0.717) is 11.5 Å². The highest BCUT2D eigenvalue weighted by Crippen LogP contribution is 2.39. The Balaban J connectivity index is 2.40. The summed E-state index contributed by atoms with van der Waals surface area (Å²) in [5.41, 5.74) is 0.657. The molecule has 94 valence electrons. The molecule has 0 aromatic heterocycles. The Hall–Kier alpha value is -2.08. The Morgan fingerprint density at radius 1 is 1.33 bits per heavy atom. The molecule has 1 aliphatic heterocycles. The lowest BCUT2D eigenvalue weighted by atomic mass is 10.0. The van der Waals surface area contributed by atoms with Gasteiger partial charge in [0.25, 0.3) is 0 Å². The maximum Gasteiger partial charge on any atom is 0.166 e. The lowest BCUT2D eigenvalue weighted by molar-refractivity contribution is 0.158. The first-order chi connectivity index (χ1) is 8.55. The highest BCUT2D eigenvalue weighted by molar-refractivity contribution is 5.66. The first-order valence-corrected chi connectivity index (χ1v) is 5.72. The lowest BCUT2D eigenvalue weighted by Gasteiger charge is -2.28. The van der Waals surface area contributed by atoms with E-state index in [0.717, 1.165) is 11.3 Å². The van der Waals surface area contributed by atoms with E-state index in [9.17, 15) is 0 Å². The molecule has 3 heteroatoms. The van der Waals surface area contributed by atoms with E-state index in [1.165, 1.54) is 0 Å². The van der Waals surface area contributed by atoms with Crippen LogP contribution in [0.25, 0.3) is 6.08 Å². The van der Waals surface area contributed by atoms with Crippen molar-refractivity contribution in [3.05, 3.63) is 23.8 Å². The van der Waals surface area contributed by atoms with Crippen molar-refractivity contribution < 1.29 is 14.2 Å². The monoisotopic (exact) mass is 244 g/mol. The quantitative estimate of drug-likeness (QED) is 0.765. The minimum Gasteiger partial charge on any atom is -0.493 e. The maximum atomic E-state index is 5.87. The van der Waals surface area contributed by atoms with Crippen LogP contribution in [0.3, 0.4) is 0 Å². The van der Waals surface area contributed by atoms with Gasteiger partial charge in [0.05, 0.1) is 7.11 Å². The molecular formula is C15H16O3. The van der Waals surface area contributed by atoms with Crippen molar-refractivity contribution in [2.75, 3.05) is 13.7 Å². The van der Waals surface area contributed by atoms with Crippen LogP contribution in [0, 0.1) is 12.3 Å². The minimum absolute atomic E-state index is 0.203. The van der Waals surface area contributed by atoms with Crippen molar-refractivity contribution in [1.82, 2.24) is 0 Å². The molecule has 1 heterocycles. The van der Waals surface area contributed by atoms with Crippen molar-refractivity contribution in [3.8, 4) is 29.6 Å². The van der Waals surface area contributed by atoms with Crippen molar-refractivity contribution in [3.63, 3.8) is 0 Å². The van der Waals surface area contributed by atoms with Gasteiger partial charge in [0.15, 0.2) is 11.5 Å². The Morgan fingerprint density at radius 2 is 2.11 bits per heavy atom. The number of rotatable bonds is 3. The van der Waals surface area contributed by atoms with Crippen LogP contribution in [-0.2, 0) is 0 Å². The van der Waals surface area contributed by atoms with Crippen LogP contribution in [0.1, 0.15) is 19.4 Å². The molecule has 0 spiro atoms. The number of benzene rings is 1. The molecule has 1 aromatic rings. The molecule has 0 saturated carbocycles. The molecule has 1 aromatic carbocycles. The zero-order valence-corrected chi connectivity index (χ0v) is 10.8. The van der Waals surface area contributed by atoms with Crippen molar-refractivity contribution in [1.29, 1.82) is 0 Å². The van der Waals surface area contributed by atoms with Gasteiger partial charge < -0.3 is 14.2 Å². The molecule has 0 fully saturated rings. The smallest absolute Gasteiger partial charge is 0.166 e. The normalized spacial score (nSPS) is 15.2. The zero-order chi connectivity index (χ0) is 13.2. The van der Waals surface area contributed by atoms with Crippen LogP contribution in [0.2, 0.25) is 0 Å². The van der Waals surface area contributed by atoms with Gasteiger partial charge in [-0.25, -0.2) is 0 Å². The molecule has 3 nitrogen and oxygen atoms in total. The summed E-state index contributed by atoms with van der Waals surface area (Å²) in [6, 6.07) is 3.70. The summed E-state index contributed by atoms with van der Waals surface area (Å²) in [7, 11) is 1.60. The van der Waals surface area contributed by atoms with Gasteiger partial charge in [-0.3, -0.25) is 0 Å². The number of terminal acetylenes is 1. The van der Waals surface area contributed by atoms with Crippen molar-refractivity contribution in [2.24, 2.45) is 0 Å². The fraction of sp³-hybridized carbons (Fsp3) is 0.333. The fourth-order valence-electron chi connectivity index (χ4n) is 1.78. The fourth-order valence-corrected chi connectivity index (χ4v) is 1.78. The second-order valence-electron chi connectivity index (χ2n) is 4.57. The Bertz CT molecular complexity index is 521. The van der Waals surface area contributed by atoms with E-state index in [2.05, 4.69) is 5.92 Å². The van der Waals surface area contributed by atoms with Crippen molar-refractivity contribution >= 4 is 6.08 Å². The molecule has 0 bridgehead atoms. The minimum atomic E-state index is -0.315. The Kier molecular flexibility index (Phi) is 3.20. The van der Waals surface area contributed by atoms with Crippen LogP contribution in [0.5, 0.6) is 17.2 Å². The van der Waals surface area contributed by atoms with E-state index in [1.54, 1.807) is 7.11 Å². The molecule has 2 rings (SSSR count). The summed E-state index contributed by atoms with van der Waals surface area (Å²) in [5.74, 6) is 4.45. The molecule has 0 atom stereocenters. The predicted octanol–water partition coefficient (Wildman–Crippen LogP) is 2.89. The SMILES string of the molecule is C#CCOc1cc2c(cc1OC)C=CC(C)(C)O2. The molecule has 0 aliphatic carbocycles. The highest BCUT2D eigenvalue weighted by atomic mass is 16.5. The van der Waals surface area contributed by atoms with E-state index in [-0.39, 0.29) is 12.2 Å². The van der Waals surface area contributed by atoms with Crippen LogP contribution < -0.4 is 14.2 Å². The second kappa shape index (κ2) is 4.66. The number of fused-ring (bicyclic) bond motifs is 1. The van der Waals surface area contributed by atoms with Gasteiger partial charge in [-0.1, -0.05) is 12.0 Å². The molecule has 0 saturated heterocycles. The Labute approximate surface area is 107 Å². The summed E-state index contributed by atoms with van der Waals surface area (Å²) >= 11 is 0. The summed E-state index contributed by atoms with van der Waals surface area (Å²) in [5, 5.41) is 0.